The van der Waals surface area contributed by atoms with Gasteiger partial charge in [0.1, 0.15) is 0 Å². The highest BCUT2D eigenvalue weighted by atomic mass is 16.7. The van der Waals surface area contributed by atoms with E-state index in [1.165, 1.54) is 6.42 Å². The minimum Gasteiger partial charge on any atom is -0.353 e. The normalized spacial score (nSPS) is 29.1. The number of ether oxygens (including phenoxy) is 2. The van der Waals surface area contributed by atoms with Gasteiger partial charge < -0.3 is 9.47 Å². The van der Waals surface area contributed by atoms with Crippen molar-refractivity contribution in [2.45, 2.75) is 32.5 Å². The molecule has 0 unspecified atom stereocenters. The maximum atomic E-state index is 5.51. The molecule has 0 spiro atoms. The Labute approximate surface area is 74.6 Å². The van der Waals surface area contributed by atoms with E-state index in [9.17, 15) is 0 Å². The smallest absolute Gasteiger partial charge is 0.158 e. The summed E-state index contributed by atoms with van der Waals surface area (Å²) in [5.74, 6) is 0.497. The molecule has 0 aromatic rings. The van der Waals surface area contributed by atoms with Crippen molar-refractivity contribution in [2.24, 2.45) is 5.92 Å². The summed E-state index contributed by atoms with van der Waals surface area (Å²) in [5, 5.41) is 0. The molecule has 1 aliphatic rings. The largest absolute Gasteiger partial charge is 0.353 e. The molecule has 2 atom stereocenters. The molecule has 12 heavy (non-hydrogen) atoms. The van der Waals surface area contributed by atoms with Gasteiger partial charge in [0.2, 0.25) is 0 Å². The molecular formula is C10H18O2. The minimum absolute atomic E-state index is 0.0274. The fourth-order valence-electron chi connectivity index (χ4n) is 1.25. The van der Waals surface area contributed by atoms with Gasteiger partial charge in [-0.25, -0.2) is 0 Å². The molecule has 1 fully saturated rings. The summed E-state index contributed by atoms with van der Waals surface area (Å²) in [6, 6.07) is 0. The van der Waals surface area contributed by atoms with E-state index in [0.717, 1.165) is 26.1 Å². The molecule has 2 nitrogen and oxygen atoms in total. The van der Waals surface area contributed by atoms with Crippen LogP contribution < -0.4 is 0 Å². The van der Waals surface area contributed by atoms with Crippen molar-refractivity contribution in [1.82, 2.24) is 0 Å². The van der Waals surface area contributed by atoms with Gasteiger partial charge in [-0.3, -0.25) is 0 Å². The Morgan fingerprint density at radius 1 is 1.67 bits per heavy atom. The minimum atomic E-state index is 0.0274. The summed E-state index contributed by atoms with van der Waals surface area (Å²) in [5.41, 5.74) is 0. The van der Waals surface area contributed by atoms with Gasteiger partial charge in [-0.15, -0.1) is 6.58 Å². The molecule has 0 radical (unpaired) electrons. The first-order valence-corrected chi connectivity index (χ1v) is 4.72. The lowest BCUT2D eigenvalue weighted by Crippen LogP contribution is -2.11. The molecule has 1 rings (SSSR count). The molecule has 0 aliphatic carbocycles. The van der Waals surface area contributed by atoms with E-state index < -0.39 is 0 Å². The number of unbranched alkanes of at least 4 members (excludes halogenated alkanes) is 1. The SMILES string of the molecule is C=C[C@@H]1CO[C@H](OCCCC)C1. The highest BCUT2D eigenvalue weighted by Gasteiger charge is 2.23. The van der Waals surface area contributed by atoms with Gasteiger partial charge in [0.15, 0.2) is 6.29 Å². The predicted molar refractivity (Wildman–Crippen MR) is 48.9 cm³/mol. The van der Waals surface area contributed by atoms with Crippen LogP contribution >= 0.6 is 0 Å². The van der Waals surface area contributed by atoms with Crippen LogP contribution in [0.4, 0.5) is 0 Å². The second kappa shape index (κ2) is 5.33. The fourth-order valence-corrected chi connectivity index (χ4v) is 1.25. The van der Waals surface area contributed by atoms with Crippen LogP contribution in [-0.4, -0.2) is 19.5 Å². The maximum absolute atomic E-state index is 5.51. The highest BCUT2D eigenvalue weighted by molar-refractivity contribution is 4.83. The molecule has 0 aromatic heterocycles. The van der Waals surface area contributed by atoms with Crippen molar-refractivity contribution < 1.29 is 9.47 Å². The van der Waals surface area contributed by atoms with Crippen LogP contribution in [-0.2, 0) is 9.47 Å². The van der Waals surface area contributed by atoms with Gasteiger partial charge in [0.05, 0.1) is 6.61 Å². The van der Waals surface area contributed by atoms with E-state index in [2.05, 4.69) is 13.5 Å². The van der Waals surface area contributed by atoms with Crippen molar-refractivity contribution >= 4 is 0 Å². The third-order valence-corrected chi connectivity index (χ3v) is 2.13. The Morgan fingerprint density at radius 3 is 3.08 bits per heavy atom. The predicted octanol–water partition coefficient (Wildman–Crippen LogP) is 2.35. The molecule has 0 aromatic carbocycles. The summed E-state index contributed by atoms with van der Waals surface area (Å²) in [6.07, 6.45) is 5.26. The summed E-state index contributed by atoms with van der Waals surface area (Å²) in [4.78, 5) is 0. The van der Waals surface area contributed by atoms with Crippen molar-refractivity contribution in [3.8, 4) is 0 Å². The Bertz CT molecular complexity index is 134. The van der Waals surface area contributed by atoms with Crippen molar-refractivity contribution in [3.63, 3.8) is 0 Å². The van der Waals surface area contributed by atoms with Gasteiger partial charge in [-0.05, 0) is 6.42 Å². The topological polar surface area (TPSA) is 18.5 Å². The van der Waals surface area contributed by atoms with Crippen LogP contribution in [0, 0.1) is 5.92 Å². The zero-order valence-electron chi connectivity index (χ0n) is 7.79. The Morgan fingerprint density at radius 2 is 2.50 bits per heavy atom. The lowest BCUT2D eigenvalue weighted by atomic mass is 10.1. The quantitative estimate of drug-likeness (QED) is 0.466. The third-order valence-electron chi connectivity index (χ3n) is 2.13. The molecule has 0 amide bonds. The average Bonchev–Trinajstić information content (AvgIpc) is 2.53. The number of rotatable bonds is 5. The van der Waals surface area contributed by atoms with Crippen molar-refractivity contribution in [2.75, 3.05) is 13.2 Å². The van der Waals surface area contributed by atoms with E-state index in [1.54, 1.807) is 0 Å². The van der Waals surface area contributed by atoms with Crippen LogP contribution in [0.5, 0.6) is 0 Å². The summed E-state index contributed by atoms with van der Waals surface area (Å²) >= 11 is 0. The Balaban J connectivity index is 2.06. The first-order chi connectivity index (χ1) is 5.86. The summed E-state index contributed by atoms with van der Waals surface area (Å²) in [6.45, 7) is 7.50. The molecule has 0 bridgehead atoms. The van der Waals surface area contributed by atoms with E-state index in [4.69, 9.17) is 9.47 Å². The second-order valence-electron chi connectivity index (χ2n) is 3.22. The summed E-state index contributed by atoms with van der Waals surface area (Å²) in [7, 11) is 0. The lowest BCUT2D eigenvalue weighted by Gasteiger charge is -2.09. The van der Waals surface area contributed by atoms with E-state index in [1.807, 2.05) is 6.08 Å². The van der Waals surface area contributed by atoms with E-state index in [-0.39, 0.29) is 6.29 Å². The lowest BCUT2D eigenvalue weighted by molar-refractivity contribution is -0.111. The molecule has 1 heterocycles. The second-order valence-corrected chi connectivity index (χ2v) is 3.22. The van der Waals surface area contributed by atoms with Gasteiger partial charge in [-0.2, -0.15) is 0 Å². The standard InChI is InChI=1S/C10H18O2/c1-3-5-6-11-10-7-9(4-2)8-12-10/h4,9-10H,2-3,5-8H2,1H3/t9-,10-/m0/s1. The van der Waals surface area contributed by atoms with Gasteiger partial charge in [0.25, 0.3) is 0 Å². The van der Waals surface area contributed by atoms with E-state index in [0.29, 0.717) is 5.92 Å². The van der Waals surface area contributed by atoms with Crippen LogP contribution in [0.2, 0.25) is 0 Å². The Hall–Kier alpha value is -0.340. The highest BCUT2D eigenvalue weighted by Crippen LogP contribution is 2.20. The molecule has 1 saturated heterocycles. The van der Waals surface area contributed by atoms with Crippen molar-refractivity contribution in [1.29, 1.82) is 0 Å². The Kier molecular flexibility index (Phi) is 4.33. The molecular weight excluding hydrogens is 152 g/mol. The van der Waals surface area contributed by atoms with Crippen LogP contribution in [0.25, 0.3) is 0 Å². The average molecular weight is 170 g/mol. The fraction of sp³-hybridized carbons (Fsp3) is 0.800. The maximum Gasteiger partial charge on any atom is 0.158 e. The molecule has 0 N–H and O–H groups in total. The van der Waals surface area contributed by atoms with E-state index >= 15 is 0 Å². The molecule has 70 valence electrons. The third kappa shape index (κ3) is 2.95. The van der Waals surface area contributed by atoms with Gasteiger partial charge >= 0.3 is 0 Å². The van der Waals surface area contributed by atoms with Crippen molar-refractivity contribution in [3.05, 3.63) is 12.7 Å². The number of hydrogen-bond donors (Lipinski definition) is 0. The molecule has 2 heteroatoms. The molecule has 0 saturated carbocycles. The van der Waals surface area contributed by atoms with Crippen LogP contribution in [0.15, 0.2) is 12.7 Å². The summed E-state index contributed by atoms with van der Waals surface area (Å²) < 4.78 is 10.9. The first kappa shape index (κ1) is 9.75. The first-order valence-electron chi connectivity index (χ1n) is 4.72. The zero-order chi connectivity index (χ0) is 8.81. The molecule has 1 aliphatic heterocycles. The number of hydrogen-bond acceptors (Lipinski definition) is 2. The van der Waals surface area contributed by atoms with Gasteiger partial charge in [0, 0.05) is 18.9 Å². The van der Waals surface area contributed by atoms with Gasteiger partial charge in [-0.1, -0.05) is 19.4 Å². The zero-order valence-corrected chi connectivity index (χ0v) is 7.79. The van der Waals surface area contributed by atoms with Crippen LogP contribution in [0.3, 0.4) is 0 Å². The monoisotopic (exact) mass is 170 g/mol. The van der Waals surface area contributed by atoms with Crippen LogP contribution in [0.1, 0.15) is 26.2 Å².